The summed E-state index contributed by atoms with van der Waals surface area (Å²) >= 11 is 0. The van der Waals surface area contributed by atoms with Gasteiger partial charge in [-0.25, -0.2) is 0 Å². The minimum atomic E-state index is -0.526. The van der Waals surface area contributed by atoms with Crippen LogP contribution in [0.4, 0.5) is 0 Å². The van der Waals surface area contributed by atoms with Crippen LogP contribution < -0.4 is 0 Å². The van der Waals surface area contributed by atoms with Crippen LogP contribution >= 0.6 is 0 Å². The van der Waals surface area contributed by atoms with E-state index in [9.17, 15) is 5.11 Å². The fourth-order valence-corrected chi connectivity index (χ4v) is 3.12. The maximum absolute atomic E-state index is 9.65. The first-order valence-corrected chi connectivity index (χ1v) is 6.83. The predicted molar refractivity (Wildman–Crippen MR) is 71.6 cm³/mol. The van der Waals surface area contributed by atoms with E-state index in [0.717, 1.165) is 13.1 Å². The van der Waals surface area contributed by atoms with Crippen molar-refractivity contribution >= 4 is 0 Å². The Kier molecular flexibility index (Phi) is 3.35. The van der Waals surface area contributed by atoms with Crippen molar-refractivity contribution in [2.45, 2.75) is 44.4 Å². The van der Waals surface area contributed by atoms with Crippen molar-refractivity contribution in [3.8, 4) is 0 Å². The Balaban J connectivity index is 1.72. The van der Waals surface area contributed by atoms with E-state index in [2.05, 4.69) is 17.0 Å². The van der Waals surface area contributed by atoms with Crippen LogP contribution in [0.15, 0.2) is 30.3 Å². The number of nitrogens with zero attached hydrogens (tertiary/aromatic N) is 1. The van der Waals surface area contributed by atoms with E-state index in [-0.39, 0.29) is 24.9 Å². The lowest BCUT2D eigenvalue weighted by Crippen LogP contribution is -2.40. The summed E-state index contributed by atoms with van der Waals surface area (Å²) in [6.07, 6.45) is 0.0413. The molecule has 3 rings (SSSR count). The average molecular weight is 263 g/mol. The number of hydrogen-bond acceptors (Lipinski definition) is 4. The summed E-state index contributed by atoms with van der Waals surface area (Å²) < 4.78 is 11.8. The zero-order valence-corrected chi connectivity index (χ0v) is 11.5. The van der Waals surface area contributed by atoms with E-state index in [1.54, 1.807) is 0 Å². The second-order valence-corrected chi connectivity index (χ2v) is 5.80. The van der Waals surface area contributed by atoms with Gasteiger partial charge in [0.15, 0.2) is 5.79 Å². The van der Waals surface area contributed by atoms with Gasteiger partial charge in [-0.1, -0.05) is 30.3 Å². The number of benzene rings is 1. The van der Waals surface area contributed by atoms with E-state index >= 15 is 0 Å². The molecule has 0 amide bonds. The SMILES string of the molecule is CC1(C)O[C@H]2[C@H](CN(Cc3ccccc3)[C@@H]2CO)O1. The van der Waals surface area contributed by atoms with Crippen LogP contribution in [0.3, 0.4) is 0 Å². The Hall–Kier alpha value is -0.940. The van der Waals surface area contributed by atoms with Crippen molar-refractivity contribution in [1.29, 1.82) is 0 Å². The first kappa shape index (κ1) is 13.1. The van der Waals surface area contributed by atoms with E-state index in [1.807, 2.05) is 32.0 Å². The molecule has 0 radical (unpaired) electrons. The van der Waals surface area contributed by atoms with Crippen molar-refractivity contribution in [3.63, 3.8) is 0 Å². The largest absolute Gasteiger partial charge is 0.395 e. The van der Waals surface area contributed by atoms with Crippen LogP contribution in [-0.4, -0.2) is 47.2 Å². The molecule has 104 valence electrons. The number of hydrogen-bond donors (Lipinski definition) is 1. The lowest BCUT2D eigenvalue weighted by Gasteiger charge is -2.28. The molecule has 1 aromatic carbocycles. The molecule has 4 heteroatoms. The lowest BCUT2D eigenvalue weighted by molar-refractivity contribution is -0.163. The fraction of sp³-hybridized carbons (Fsp3) is 0.600. The lowest BCUT2D eigenvalue weighted by atomic mass is 10.1. The van der Waals surface area contributed by atoms with E-state index < -0.39 is 5.79 Å². The molecule has 2 heterocycles. The highest BCUT2D eigenvalue weighted by atomic mass is 16.8. The Morgan fingerprint density at radius 1 is 1.26 bits per heavy atom. The molecule has 1 aromatic rings. The zero-order valence-electron chi connectivity index (χ0n) is 11.5. The maximum Gasteiger partial charge on any atom is 0.163 e. The van der Waals surface area contributed by atoms with Crippen LogP contribution in [0.25, 0.3) is 0 Å². The molecule has 0 saturated carbocycles. The molecular formula is C15H21NO3. The van der Waals surface area contributed by atoms with Crippen LogP contribution in [0, 0.1) is 0 Å². The van der Waals surface area contributed by atoms with Gasteiger partial charge in [0.2, 0.25) is 0 Å². The number of aliphatic hydroxyl groups is 1. The highest BCUT2D eigenvalue weighted by Gasteiger charge is 2.51. The first-order chi connectivity index (χ1) is 9.09. The van der Waals surface area contributed by atoms with Crippen LogP contribution in [0.1, 0.15) is 19.4 Å². The minimum Gasteiger partial charge on any atom is -0.395 e. The van der Waals surface area contributed by atoms with Gasteiger partial charge in [0.1, 0.15) is 12.2 Å². The molecule has 0 aliphatic carbocycles. The number of rotatable bonds is 3. The van der Waals surface area contributed by atoms with Gasteiger partial charge in [-0.15, -0.1) is 0 Å². The van der Waals surface area contributed by atoms with Crippen molar-refractivity contribution in [3.05, 3.63) is 35.9 Å². The van der Waals surface area contributed by atoms with E-state index in [0.29, 0.717) is 0 Å². The van der Waals surface area contributed by atoms with Crippen LogP contribution in [-0.2, 0) is 16.0 Å². The summed E-state index contributed by atoms with van der Waals surface area (Å²) in [6, 6.07) is 10.3. The molecule has 2 aliphatic rings. The number of ether oxygens (including phenoxy) is 2. The van der Waals surface area contributed by atoms with Crippen molar-refractivity contribution in [2.24, 2.45) is 0 Å². The quantitative estimate of drug-likeness (QED) is 0.894. The van der Waals surface area contributed by atoms with Crippen molar-refractivity contribution < 1.29 is 14.6 Å². The molecule has 0 unspecified atom stereocenters. The molecule has 19 heavy (non-hydrogen) atoms. The van der Waals surface area contributed by atoms with Crippen molar-refractivity contribution in [1.82, 2.24) is 4.90 Å². The van der Waals surface area contributed by atoms with Gasteiger partial charge < -0.3 is 14.6 Å². The van der Waals surface area contributed by atoms with E-state index in [4.69, 9.17) is 9.47 Å². The molecule has 2 saturated heterocycles. The smallest absolute Gasteiger partial charge is 0.163 e. The summed E-state index contributed by atoms with van der Waals surface area (Å²) in [5.41, 5.74) is 1.25. The van der Waals surface area contributed by atoms with Gasteiger partial charge in [-0.05, 0) is 19.4 Å². The second kappa shape index (κ2) is 4.87. The molecule has 1 N–H and O–H groups in total. The first-order valence-electron chi connectivity index (χ1n) is 6.83. The molecule has 3 atom stereocenters. The van der Waals surface area contributed by atoms with Gasteiger partial charge in [0.05, 0.1) is 12.6 Å². The van der Waals surface area contributed by atoms with Gasteiger partial charge >= 0.3 is 0 Å². The topological polar surface area (TPSA) is 41.9 Å². The standard InChI is InChI=1S/C15H21NO3/c1-15(2)18-13-9-16(12(10-17)14(13)19-15)8-11-6-4-3-5-7-11/h3-7,12-14,17H,8-10H2,1-2H3/t12-,13+,14-/m1/s1. The molecule has 2 fully saturated rings. The number of likely N-dealkylation sites (tertiary alicyclic amines) is 1. The summed E-state index contributed by atoms with van der Waals surface area (Å²) in [7, 11) is 0. The van der Waals surface area contributed by atoms with E-state index in [1.165, 1.54) is 5.56 Å². The third-order valence-corrected chi connectivity index (χ3v) is 3.90. The number of aliphatic hydroxyl groups excluding tert-OH is 1. The van der Waals surface area contributed by atoms with Crippen molar-refractivity contribution in [2.75, 3.05) is 13.2 Å². The maximum atomic E-state index is 9.65. The Morgan fingerprint density at radius 3 is 2.68 bits per heavy atom. The van der Waals surface area contributed by atoms with Crippen LogP contribution in [0.2, 0.25) is 0 Å². The van der Waals surface area contributed by atoms with Gasteiger partial charge in [-0.3, -0.25) is 4.90 Å². The molecule has 4 nitrogen and oxygen atoms in total. The Labute approximate surface area is 113 Å². The second-order valence-electron chi connectivity index (χ2n) is 5.80. The van der Waals surface area contributed by atoms with Gasteiger partial charge in [0, 0.05) is 13.1 Å². The highest BCUT2D eigenvalue weighted by Crippen LogP contribution is 2.37. The van der Waals surface area contributed by atoms with Crippen LogP contribution in [0.5, 0.6) is 0 Å². The Bertz CT molecular complexity index is 434. The summed E-state index contributed by atoms with van der Waals surface area (Å²) in [6.45, 7) is 5.61. The monoisotopic (exact) mass is 263 g/mol. The molecule has 0 spiro atoms. The van der Waals surface area contributed by atoms with Gasteiger partial charge in [-0.2, -0.15) is 0 Å². The molecule has 2 aliphatic heterocycles. The normalized spacial score (nSPS) is 33.5. The third-order valence-electron chi connectivity index (χ3n) is 3.90. The Morgan fingerprint density at radius 2 is 2.00 bits per heavy atom. The molecule has 0 bridgehead atoms. The third kappa shape index (κ3) is 2.54. The predicted octanol–water partition coefficient (Wildman–Crippen LogP) is 1.38. The highest BCUT2D eigenvalue weighted by molar-refractivity contribution is 5.15. The molecular weight excluding hydrogens is 242 g/mol. The molecule has 0 aromatic heterocycles. The number of fused-ring (bicyclic) bond motifs is 1. The minimum absolute atomic E-state index is 0.0204. The van der Waals surface area contributed by atoms with Gasteiger partial charge in [0.25, 0.3) is 0 Å². The summed E-state index contributed by atoms with van der Waals surface area (Å²) in [5.74, 6) is -0.526. The summed E-state index contributed by atoms with van der Waals surface area (Å²) in [4.78, 5) is 2.25. The summed E-state index contributed by atoms with van der Waals surface area (Å²) in [5, 5.41) is 9.65. The zero-order chi connectivity index (χ0) is 13.5. The average Bonchev–Trinajstić information content (AvgIpc) is 2.81. The fourth-order valence-electron chi connectivity index (χ4n) is 3.12.